The van der Waals surface area contributed by atoms with E-state index in [0.717, 1.165) is 28.9 Å². The van der Waals surface area contributed by atoms with Crippen LogP contribution in [-0.2, 0) is 6.42 Å². The normalized spacial score (nSPS) is 10.8. The van der Waals surface area contributed by atoms with Crippen molar-refractivity contribution in [3.8, 4) is 11.5 Å². The number of aromatic hydroxyl groups is 1. The highest BCUT2D eigenvalue weighted by atomic mass is 16.5. The van der Waals surface area contributed by atoms with E-state index in [2.05, 4.69) is 6.08 Å². The maximum absolute atomic E-state index is 9.75. The van der Waals surface area contributed by atoms with Crippen molar-refractivity contribution in [2.45, 2.75) is 13.3 Å². The van der Waals surface area contributed by atoms with Gasteiger partial charge in [-0.15, -0.1) is 0 Å². The molecule has 0 atom stereocenters. The summed E-state index contributed by atoms with van der Waals surface area (Å²) in [4.78, 5) is 0. The van der Waals surface area contributed by atoms with Gasteiger partial charge >= 0.3 is 0 Å². The number of hydrogen-bond acceptors (Lipinski definition) is 2. The molecule has 0 aliphatic carbocycles. The summed E-state index contributed by atoms with van der Waals surface area (Å²) in [5, 5.41) is 9.75. The minimum Gasteiger partial charge on any atom is -0.508 e. The van der Waals surface area contributed by atoms with Gasteiger partial charge in [0, 0.05) is 0 Å². The van der Waals surface area contributed by atoms with Gasteiger partial charge < -0.3 is 9.84 Å². The van der Waals surface area contributed by atoms with Gasteiger partial charge in [-0.25, -0.2) is 0 Å². The van der Waals surface area contributed by atoms with Crippen molar-refractivity contribution in [1.29, 1.82) is 0 Å². The van der Waals surface area contributed by atoms with E-state index < -0.39 is 0 Å². The maximum atomic E-state index is 9.75. The van der Waals surface area contributed by atoms with Crippen LogP contribution in [0.3, 0.4) is 0 Å². The number of methoxy groups -OCH3 is 1. The molecule has 2 heteroatoms. The smallest absolute Gasteiger partial charge is 0.119 e. The first-order valence-corrected chi connectivity index (χ1v) is 6.28. The third kappa shape index (κ3) is 3.62. The first-order chi connectivity index (χ1) is 9.19. The van der Waals surface area contributed by atoms with Gasteiger partial charge in [-0.1, -0.05) is 42.0 Å². The van der Waals surface area contributed by atoms with Crippen molar-refractivity contribution in [2.24, 2.45) is 0 Å². The number of ether oxygens (including phenoxy) is 1. The lowest BCUT2D eigenvalue weighted by Gasteiger charge is -2.03. The molecule has 0 saturated heterocycles. The fraction of sp³-hybridized carbons (Fsp3) is 0.176. The van der Waals surface area contributed by atoms with Crippen molar-refractivity contribution in [1.82, 2.24) is 0 Å². The fourth-order valence-electron chi connectivity index (χ4n) is 1.91. The van der Waals surface area contributed by atoms with E-state index >= 15 is 0 Å². The van der Waals surface area contributed by atoms with Crippen LogP contribution in [0.5, 0.6) is 11.5 Å². The van der Waals surface area contributed by atoms with Crippen LogP contribution < -0.4 is 4.74 Å². The molecule has 2 nitrogen and oxygen atoms in total. The van der Waals surface area contributed by atoms with Crippen molar-refractivity contribution in [3.05, 3.63) is 65.2 Å². The van der Waals surface area contributed by atoms with E-state index in [0.29, 0.717) is 5.75 Å². The monoisotopic (exact) mass is 254 g/mol. The molecule has 0 bridgehead atoms. The van der Waals surface area contributed by atoms with Crippen LogP contribution >= 0.6 is 0 Å². The minimum absolute atomic E-state index is 0.352. The zero-order valence-electron chi connectivity index (χ0n) is 11.3. The zero-order chi connectivity index (χ0) is 13.7. The van der Waals surface area contributed by atoms with Gasteiger partial charge in [-0.05, 0) is 42.7 Å². The molecule has 0 spiro atoms. The highest BCUT2D eigenvalue weighted by Gasteiger charge is 1.98. The van der Waals surface area contributed by atoms with Gasteiger partial charge in [0.1, 0.15) is 11.5 Å². The quantitative estimate of drug-likeness (QED) is 0.894. The van der Waals surface area contributed by atoms with Crippen LogP contribution in [0.15, 0.2) is 48.5 Å². The molecule has 0 heterocycles. The average molecular weight is 254 g/mol. The number of rotatable bonds is 4. The molecular weight excluding hydrogens is 236 g/mol. The van der Waals surface area contributed by atoms with E-state index in [1.807, 2.05) is 49.4 Å². The SMILES string of the molecule is COc1ccc(/C=C/Cc2cc(C)ccc2O)cc1. The molecular formula is C17H18O2. The van der Waals surface area contributed by atoms with Gasteiger partial charge in [-0.2, -0.15) is 0 Å². The van der Waals surface area contributed by atoms with Crippen LogP contribution in [0.4, 0.5) is 0 Å². The van der Waals surface area contributed by atoms with Crippen LogP contribution in [0.2, 0.25) is 0 Å². The van der Waals surface area contributed by atoms with Crippen molar-refractivity contribution < 1.29 is 9.84 Å². The van der Waals surface area contributed by atoms with Crippen LogP contribution in [0.1, 0.15) is 16.7 Å². The molecule has 0 saturated carbocycles. The van der Waals surface area contributed by atoms with Gasteiger partial charge in [0.2, 0.25) is 0 Å². The molecule has 0 aromatic heterocycles. The summed E-state index contributed by atoms with van der Waals surface area (Å²) in [6.45, 7) is 2.02. The maximum Gasteiger partial charge on any atom is 0.119 e. The molecule has 0 fully saturated rings. The number of phenols is 1. The van der Waals surface area contributed by atoms with Gasteiger partial charge in [0.25, 0.3) is 0 Å². The first-order valence-electron chi connectivity index (χ1n) is 6.28. The molecule has 0 amide bonds. The average Bonchev–Trinajstić information content (AvgIpc) is 2.43. The molecule has 0 unspecified atom stereocenters. The van der Waals surface area contributed by atoms with Gasteiger partial charge in [0.05, 0.1) is 7.11 Å². The van der Waals surface area contributed by atoms with Crippen molar-refractivity contribution in [2.75, 3.05) is 7.11 Å². The summed E-state index contributed by atoms with van der Waals surface area (Å²) in [5.41, 5.74) is 3.23. The highest BCUT2D eigenvalue weighted by molar-refractivity contribution is 5.51. The Morgan fingerprint density at radius 1 is 1.11 bits per heavy atom. The molecule has 2 aromatic rings. The van der Waals surface area contributed by atoms with E-state index in [-0.39, 0.29) is 0 Å². The zero-order valence-corrected chi connectivity index (χ0v) is 11.3. The number of hydrogen-bond donors (Lipinski definition) is 1. The lowest BCUT2D eigenvalue weighted by molar-refractivity contribution is 0.415. The number of phenolic OH excluding ortho intramolecular Hbond substituents is 1. The Labute approximate surface area is 114 Å². The van der Waals surface area contributed by atoms with E-state index in [9.17, 15) is 5.11 Å². The second-order valence-electron chi connectivity index (χ2n) is 4.51. The van der Waals surface area contributed by atoms with E-state index in [1.54, 1.807) is 13.2 Å². The Kier molecular flexibility index (Phi) is 4.24. The predicted molar refractivity (Wildman–Crippen MR) is 78.6 cm³/mol. The van der Waals surface area contributed by atoms with Gasteiger partial charge in [0.15, 0.2) is 0 Å². The minimum atomic E-state index is 0.352. The summed E-state index contributed by atoms with van der Waals surface area (Å²) < 4.78 is 5.11. The molecule has 2 aromatic carbocycles. The summed E-state index contributed by atoms with van der Waals surface area (Å²) in [6, 6.07) is 13.5. The molecule has 0 radical (unpaired) electrons. The third-order valence-corrected chi connectivity index (χ3v) is 3.00. The Morgan fingerprint density at radius 2 is 1.84 bits per heavy atom. The summed E-state index contributed by atoms with van der Waals surface area (Å²) in [5.74, 6) is 1.21. The Hall–Kier alpha value is -2.22. The highest BCUT2D eigenvalue weighted by Crippen LogP contribution is 2.19. The molecule has 1 N–H and O–H groups in total. The Morgan fingerprint density at radius 3 is 2.53 bits per heavy atom. The first kappa shape index (κ1) is 13.2. The molecule has 2 rings (SSSR count). The number of aryl methyl sites for hydroxylation is 1. The fourth-order valence-corrected chi connectivity index (χ4v) is 1.91. The molecule has 98 valence electrons. The van der Waals surface area contributed by atoms with Crippen molar-refractivity contribution in [3.63, 3.8) is 0 Å². The summed E-state index contributed by atoms with van der Waals surface area (Å²) >= 11 is 0. The largest absolute Gasteiger partial charge is 0.508 e. The lowest BCUT2D eigenvalue weighted by Crippen LogP contribution is -1.84. The standard InChI is InChI=1S/C17H18O2/c1-13-6-11-17(18)15(12-13)5-3-4-14-7-9-16(19-2)10-8-14/h3-4,6-12,18H,5H2,1-2H3/b4-3+. The molecule has 0 aliphatic heterocycles. The van der Waals surface area contributed by atoms with Gasteiger partial charge in [-0.3, -0.25) is 0 Å². The van der Waals surface area contributed by atoms with E-state index in [4.69, 9.17) is 4.74 Å². The summed E-state index contributed by atoms with van der Waals surface area (Å²) in [6.07, 6.45) is 4.82. The summed E-state index contributed by atoms with van der Waals surface area (Å²) in [7, 11) is 1.66. The second kappa shape index (κ2) is 6.10. The topological polar surface area (TPSA) is 29.5 Å². The molecule has 0 aliphatic rings. The number of benzene rings is 2. The lowest BCUT2D eigenvalue weighted by atomic mass is 10.1. The van der Waals surface area contributed by atoms with Crippen molar-refractivity contribution >= 4 is 6.08 Å². The van der Waals surface area contributed by atoms with Crippen LogP contribution in [-0.4, -0.2) is 12.2 Å². The Balaban J connectivity index is 2.04. The van der Waals surface area contributed by atoms with E-state index in [1.165, 1.54) is 0 Å². The third-order valence-electron chi connectivity index (χ3n) is 3.00. The Bertz CT molecular complexity index is 568. The van der Waals surface area contributed by atoms with Crippen LogP contribution in [0.25, 0.3) is 6.08 Å². The molecule has 19 heavy (non-hydrogen) atoms. The number of allylic oxidation sites excluding steroid dienone is 1. The van der Waals surface area contributed by atoms with Crippen LogP contribution in [0, 0.1) is 6.92 Å². The second-order valence-corrected chi connectivity index (χ2v) is 4.51. The predicted octanol–water partition coefficient (Wildman–Crippen LogP) is 3.97.